The standard InChI is InChI=1S/C48H68FN17O10/c1-25(67)60-32(14-7-19-57-47(52)53)41(71)63-34-16-17-39(69)56-18-6-13-31(40(51)70)61-44(74)36(22-27-24-59-30-12-5-3-10-28(27)30)64-42(72)33(15-8-20-58-48(54)55)62-45(75)35(21-26-9-2-4-11-29(26)49)65-46(76)37(23-38(50)68)66-43(34)73/h2-5,9-12,24,31-37,59H,6-8,13-23H2,1H3,(H2,50,68)(H2,51,70)(H,56,69)(H,60,67)(H,61,74)(H,62,75)(H,63,71)(H,64,72)(H,65,76)(H,66,73)(H4,52,53,57)(H4,54,55,58)/t31-,32-,33-,34-,35+,36-,37-/m0/s1. The number of halogens is 1. The van der Waals surface area contributed by atoms with Crippen molar-refractivity contribution >= 4 is 81.9 Å². The lowest BCUT2D eigenvalue weighted by molar-refractivity contribution is -0.136. The number of nitrogens with zero attached hydrogens (tertiary/aromatic N) is 2. The van der Waals surface area contributed by atoms with Crippen LogP contribution in [0.1, 0.15) is 75.8 Å². The van der Waals surface area contributed by atoms with E-state index in [0.717, 1.165) is 13.0 Å². The van der Waals surface area contributed by atoms with Crippen molar-refractivity contribution in [3.63, 3.8) is 0 Å². The van der Waals surface area contributed by atoms with E-state index in [4.69, 9.17) is 34.4 Å². The Morgan fingerprint density at radius 3 is 1.92 bits per heavy atom. The summed E-state index contributed by atoms with van der Waals surface area (Å²) in [5, 5.41) is 21.0. The molecular weight excluding hydrogens is 994 g/mol. The molecule has 27 nitrogen and oxygen atoms in total. The van der Waals surface area contributed by atoms with E-state index in [-0.39, 0.29) is 82.1 Å². The zero-order valence-electron chi connectivity index (χ0n) is 42.0. The highest BCUT2D eigenvalue weighted by Crippen LogP contribution is 2.20. The highest BCUT2D eigenvalue weighted by Gasteiger charge is 2.35. The fourth-order valence-electron chi connectivity index (χ4n) is 8.11. The summed E-state index contributed by atoms with van der Waals surface area (Å²) in [4.78, 5) is 147. The van der Waals surface area contributed by atoms with Crippen molar-refractivity contribution in [2.24, 2.45) is 44.4 Å². The summed E-state index contributed by atoms with van der Waals surface area (Å²) in [5.41, 5.74) is 34.4. The molecule has 412 valence electrons. The zero-order valence-corrected chi connectivity index (χ0v) is 42.0. The van der Waals surface area contributed by atoms with Gasteiger partial charge in [0.05, 0.1) is 6.42 Å². The number of nitrogens with two attached hydrogens (primary N) is 6. The van der Waals surface area contributed by atoms with E-state index in [0.29, 0.717) is 16.5 Å². The molecule has 21 N–H and O–H groups in total. The lowest BCUT2D eigenvalue weighted by Crippen LogP contribution is -2.61. The van der Waals surface area contributed by atoms with Crippen molar-refractivity contribution in [1.29, 1.82) is 0 Å². The summed E-state index contributed by atoms with van der Waals surface area (Å²) < 4.78 is 15.3. The fourth-order valence-corrected chi connectivity index (χ4v) is 8.11. The predicted molar refractivity (Wildman–Crippen MR) is 276 cm³/mol. The third-order valence-electron chi connectivity index (χ3n) is 11.9. The molecule has 76 heavy (non-hydrogen) atoms. The minimum Gasteiger partial charge on any atom is -0.370 e. The Bertz CT molecular complexity index is 2640. The molecule has 1 aliphatic heterocycles. The Morgan fingerprint density at radius 2 is 1.28 bits per heavy atom. The number of aliphatic imine (C=N–C) groups is 2. The Labute approximate surface area is 436 Å². The van der Waals surface area contributed by atoms with E-state index >= 15 is 4.39 Å². The molecule has 1 aromatic heterocycles. The van der Waals surface area contributed by atoms with E-state index in [2.05, 4.69) is 57.5 Å². The number of aromatic nitrogens is 1. The number of benzene rings is 2. The topological polar surface area (TPSA) is 464 Å². The molecule has 0 spiro atoms. The highest BCUT2D eigenvalue weighted by atomic mass is 19.1. The lowest BCUT2D eigenvalue weighted by Gasteiger charge is -2.28. The first-order valence-corrected chi connectivity index (χ1v) is 24.4. The number of carbonyl (C=O) groups is 10. The summed E-state index contributed by atoms with van der Waals surface area (Å²) in [6.07, 6.45) is -0.811. The van der Waals surface area contributed by atoms with Crippen LogP contribution in [0.5, 0.6) is 0 Å². The van der Waals surface area contributed by atoms with Crippen molar-refractivity contribution in [2.75, 3.05) is 19.6 Å². The molecular formula is C48H68FN17O10. The molecule has 4 rings (SSSR count). The van der Waals surface area contributed by atoms with E-state index in [9.17, 15) is 47.9 Å². The molecule has 0 aliphatic carbocycles. The number of para-hydroxylation sites is 1. The minimum absolute atomic E-state index is 0.0224. The smallest absolute Gasteiger partial charge is 0.243 e. The van der Waals surface area contributed by atoms with Crippen molar-refractivity contribution < 1.29 is 52.3 Å². The van der Waals surface area contributed by atoms with Crippen LogP contribution in [0.3, 0.4) is 0 Å². The molecule has 2 aromatic carbocycles. The average molecular weight is 1060 g/mol. The van der Waals surface area contributed by atoms with Gasteiger partial charge in [0.1, 0.15) is 48.1 Å². The van der Waals surface area contributed by atoms with Crippen LogP contribution >= 0.6 is 0 Å². The molecule has 2 heterocycles. The normalized spacial score (nSPS) is 20.9. The second kappa shape index (κ2) is 29.7. The van der Waals surface area contributed by atoms with Crippen LogP contribution in [0.25, 0.3) is 10.9 Å². The van der Waals surface area contributed by atoms with Crippen molar-refractivity contribution in [2.45, 2.75) is 120 Å². The molecule has 1 fully saturated rings. The van der Waals surface area contributed by atoms with Gasteiger partial charge >= 0.3 is 0 Å². The van der Waals surface area contributed by atoms with Crippen molar-refractivity contribution in [3.8, 4) is 0 Å². The van der Waals surface area contributed by atoms with E-state index in [1.807, 2.05) is 0 Å². The second-order valence-corrected chi connectivity index (χ2v) is 18.0. The van der Waals surface area contributed by atoms with Gasteiger partial charge in [-0.2, -0.15) is 0 Å². The number of H-pyrrole nitrogens is 1. The van der Waals surface area contributed by atoms with Gasteiger partial charge in [-0.15, -0.1) is 0 Å². The number of rotatable bonds is 18. The van der Waals surface area contributed by atoms with Gasteiger partial charge in [0.25, 0.3) is 0 Å². The molecule has 28 heteroatoms. The number of fused-ring (bicyclic) bond motifs is 1. The number of amides is 10. The van der Waals surface area contributed by atoms with Crippen LogP contribution in [0.15, 0.2) is 64.7 Å². The Balaban J connectivity index is 1.79. The SMILES string of the molecule is CC(=O)N[C@@H](CCCN=C(N)N)C(=O)N[C@H]1CCC(=O)NCCC[C@@H](C(N)=O)NC(=O)[C@H](Cc2c[nH]c3ccccc23)NC(=O)[C@H](CCCN=C(N)N)NC(=O)[C@@H](Cc2ccccc2F)NC(=O)[C@H](CC(N)=O)NC1=O. The predicted octanol–water partition coefficient (Wildman–Crippen LogP) is -4.34. The highest BCUT2D eigenvalue weighted by molar-refractivity contribution is 5.99. The summed E-state index contributed by atoms with van der Waals surface area (Å²) >= 11 is 0. The Hall–Kier alpha value is -8.85. The summed E-state index contributed by atoms with van der Waals surface area (Å²) in [6.45, 7) is 1.12. The summed E-state index contributed by atoms with van der Waals surface area (Å²) in [6, 6.07) is 1.62. The summed E-state index contributed by atoms with van der Waals surface area (Å²) in [5.74, 6) is -10.6. The fraction of sp³-hybridized carbons (Fsp3) is 0.458. The number of nitrogens with one attached hydrogen (secondary N) is 9. The zero-order chi connectivity index (χ0) is 55.9. The molecule has 1 saturated heterocycles. The minimum atomic E-state index is -1.87. The van der Waals surface area contributed by atoms with Crippen LogP contribution in [0, 0.1) is 5.82 Å². The van der Waals surface area contributed by atoms with Gasteiger partial charge in [0.2, 0.25) is 59.1 Å². The third-order valence-corrected chi connectivity index (χ3v) is 11.9. The van der Waals surface area contributed by atoms with Gasteiger partial charge in [-0.25, -0.2) is 4.39 Å². The average Bonchev–Trinajstić information content (AvgIpc) is 3.76. The van der Waals surface area contributed by atoms with Crippen LogP contribution in [0.4, 0.5) is 4.39 Å². The Kier molecular flexibility index (Phi) is 23.4. The molecule has 0 saturated carbocycles. The maximum absolute atomic E-state index is 15.3. The number of carbonyl (C=O) groups excluding carboxylic acids is 10. The molecule has 1 aliphatic rings. The maximum Gasteiger partial charge on any atom is 0.243 e. The van der Waals surface area contributed by atoms with Crippen LogP contribution in [0.2, 0.25) is 0 Å². The molecule has 3 aromatic rings. The van der Waals surface area contributed by atoms with E-state index in [1.165, 1.54) is 18.2 Å². The largest absolute Gasteiger partial charge is 0.370 e. The van der Waals surface area contributed by atoms with Gasteiger partial charge in [-0.1, -0.05) is 36.4 Å². The van der Waals surface area contributed by atoms with Gasteiger partial charge in [-0.05, 0) is 68.2 Å². The van der Waals surface area contributed by atoms with Crippen molar-refractivity contribution in [3.05, 3.63) is 71.7 Å². The second-order valence-electron chi connectivity index (χ2n) is 18.0. The first-order valence-electron chi connectivity index (χ1n) is 24.4. The first-order chi connectivity index (χ1) is 36.1. The van der Waals surface area contributed by atoms with Gasteiger partial charge in [-0.3, -0.25) is 57.9 Å². The number of aromatic amines is 1. The summed E-state index contributed by atoms with van der Waals surface area (Å²) in [7, 11) is 0. The Morgan fingerprint density at radius 1 is 0.697 bits per heavy atom. The number of hydrogen-bond donors (Lipinski definition) is 15. The molecule has 0 bridgehead atoms. The van der Waals surface area contributed by atoms with Crippen molar-refractivity contribution in [1.82, 2.24) is 47.5 Å². The quantitative estimate of drug-likeness (QED) is 0.0326. The van der Waals surface area contributed by atoms with Crippen LogP contribution in [-0.2, 0) is 60.8 Å². The van der Waals surface area contributed by atoms with Crippen LogP contribution < -0.4 is 76.9 Å². The van der Waals surface area contributed by atoms with Gasteiger partial charge in [0.15, 0.2) is 11.9 Å². The molecule has 0 radical (unpaired) electrons. The molecule has 10 amide bonds. The monoisotopic (exact) mass is 1060 g/mol. The maximum atomic E-state index is 15.3. The van der Waals surface area contributed by atoms with Gasteiger partial charge < -0.3 is 81.9 Å². The lowest BCUT2D eigenvalue weighted by atomic mass is 10.0. The molecule has 0 unspecified atom stereocenters. The number of guanidine groups is 2. The molecule has 7 atom stereocenters. The van der Waals surface area contributed by atoms with Gasteiger partial charge in [0, 0.05) is 62.9 Å². The van der Waals surface area contributed by atoms with Crippen LogP contribution in [-0.4, -0.2) is 138 Å². The number of hydrogen-bond acceptors (Lipinski definition) is 12. The third kappa shape index (κ3) is 19.9. The van der Waals surface area contributed by atoms with E-state index < -0.39 is 133 Å². The number of primary amides is 2. The first kappa shape index (κ1) is 59.7. The van der Waals surface area contributed by atoms with E-state index in [1.54, 1.807) is 30.5 Å².